The van der Waals surface area contributed by atoms with Gasteiger partial charge in [0, 0.05) is 17.2 Å². The van der Waals surface area contributed by atoms with Crippen molar-refractivity contribution in [1.82, 2.24) is 0 Å². The van der Waals surface area contributed by atoms with Crippen LogP contribution in [0.5, 0.6) is 17.2 Å². The summed E-state index contributed by atoms with van der Waals surface area (Å²) in [5.41, 5.74) is 1.27. The predicted molar refractivity (Wildman–Crippen MR) is 87.9 cm³/mol. The first kappa shape index (κ1) is 15.9. The van der Waals surface area contributed by atoms with Crippen LogP contribution in [0, 0.1) is 0 Å². The third-order valence-electron chi connectivity index (χ3n) is 3.70. The minimum absolute atomic E-state index is 0.230. The Morgan fingerprint density at radius 1 is 0.958 bits per heavy atom. The van der Waals surface area contributed by atoms with Crippen molar-refractivity contribution >= 4 is 11.9 Å². The number of hydrogen-bond acceptors (Lipinski definition) is 6. The van der Waals surface area contributed by atoms with Gasteiger partial charge in [0.1, 0.15) is 17.2 Å². The summed E-state index contributed by atoms with van der Waals surface area (Å²) < 4.78 is 21.1. The summed E-state index contributed by atoms with van der Waals surface area (Å²) in [6.45, 7) is 0. The van der Waals surface area contributed by atoms with Crippen LogP contribution < -0.4 is 14.2 Å². The molecule has 24 heavy (non-hydrogen) atoms. The molecular weight excluding hydrogens is 310 g/mol. The summed E-state index contributed by atoms with van der Waals surface area (Å²) in [6.07, 6.45) is 0. The zero-order valence-corrected chi connectivity index (χ0v) is 13.6. The van der Waals surface area contributed by atoms with E-state index in [0.717, 1.165) is 0 Å². The van der Waals surface area contributed by atoms with Gasteiger partial charge < -0.3 is 18.9 Å². The molecule has 2 aromatic rings. The van der Waals surface area contributed by atoms with Crippen LogP contribution in [0.15, 0.2) is 47.5 Å². The summed E-state index contributed by atoms with van der Waals surface area (Å²) in [5, 5.41) is 0. The van der Waals surface area contributed by atoms with E-state index in [9.17, 15) is 4.79 Å². The van der Waals surface area contributed by atoms with E-state index in [0.29, 0.717) is 28.4 Å². The molecule has 6 nitrogen and oxygen atoms in total. The second kappa shape index (κ2) is 6.62. The number of para-hydroxylation sites is 1. The highest BCUT2D eigenvalue weighted by Gasteiger charge is 2.33. The molecule has 0 N–H and O–H groups in total. The van der Waals surface area contributed by atoms with E-state index in [1.807, 2.05) is 12.1 Å². The van der Waals surface area contributed by atoms with E-state index in [1.165, 1.54) is 0 Å². The number of methoxy groups -OCH3 is 3. The van der Waals surface area contributed by atoms with E-state index in [2.05, 4.69) is 4.99 Å². The quantitative estimate of drug-likeness (QED) is 0.790. The number of esters is 1. The lowest BCUT2D eigenvalue weighted by Gasteiger charge is -2.09. The van der Waals surface area contributed by atoms with Crippen molar-refractivity contribution in [3.8, 4) is 17.2 Å². The number of ether oxygens (including phenoxy) is 4. The molecule has 0 fully saturated rings. The normalized spacial score (nSPS) is 16.4. The Labute approximate surface area is 139 Å². The lowest BCUT2D eigenvalue weighted by atomic mass is 10.1. The van der Waals surface area contributed by atoms with Crippen molar-refractivity contribution in [1.29, 1.82) is 0 Å². The topological polar surface area (TPSA) is 66.3 Å². The van der Waals surface area contributed by atoms with Gasteiger partial charge in [-0.1, -0.05) is 18.2 Å². The van der Waals surface area contributed by atoms with Crippen molar-refractivity contribution in [2.45, 2.75) is 6.04 Å². The molecule has 2 aromatic carbocycles. The van der Waals surface area contributed by atoms with Crippen LogP contribution in [0.1, 0.15) is 17.2 Å². The molecule has 3 rings (SSSR count). The number of nitrogens with zero attached hydrogens (tertiary/aromatic N) is 1. The number of rotatable bonds is 5. The van der Waals surface area contributed by atoms with Crippen LogP contribution in [0.4, 0.5) is 0 Å². The molecule has 0 saturated heterocycles. The maximum atomic E-state index is 12.3. The maximum absolute atomic E-state index is 12.3. The molecule has 1 aliphatic rings. The Morgan fingerprint density at radius 2 is 1.62 bits per heavy atom. The molecule has 0 bridgehead atoms. The highest BCUT2D eigenvalue weighted by atomic mass is 16.6. The molecule has 1 heterocycles. The average molecular weight is 327 g/mol. The first-order valence-electron chi connectivity index (χ1n) is 7.32. The van der Waals surface area contributed by atoms with E-state index < -0.39 is 12.0 Å². The van der Waals surface area contributed by atoms with Crippen molar-refractivity contribution in [2.75, 3.05) is 21.3 Å². The smallest absolute Gasteiger partial charge is 0.342 e. The average Bonchev–Trinajstić information content (AvgIpc) is 3.02. The van der Waals surface area contributed by atoms with E-state index in [4.69, 9.17) is 18.9 Å². The Morgan fingerprint density at radius 3 is 2.25 bits per heavy atom. The van der Waals surface area contributed by atoms with E-state index in [-0.39, 0.29) is 5.90 Å². The van der Waals surface area contributed by atoms with Gasteiger partial charge in [0.15, 0.2) is 6.04 Å². The standard InChI is InChI=1S/C18H17NO5/c1-21-12-8-11(9-13(10-12)22-2)17-19-16(18(20)24-17)14-6-4-5-7-15(14)23-3/h4-10,16H,1-3H3/t16-/m1/s1. The van der Waals surface area contributed by atoms with Gasteiger partial charge in [-0.15, -0.1) is 0 Å². The number of cyclic esters (lactones) is 1. The highest BCUT2D eigenvalue weighted by Crippen LogP contribution is 2.33. The molecule has 1 atom stereocenters. The SMILES string of the molecule is COc1cc(OC)cc(C2=N[C@H](c3ccccc3OC)C(=O)O2)c1. The number of hydrogen-bond donors (Lipinski definition) is 0. The summed E-state index contributed by atoms with van der Waals surface area (Å²) in [4.78, 5) is 16.7. The first-order chi connectivity index (χ1) is 11.7. The van der Waals surface area contributed by atoms with Gasteiger partial charge in [-0.3, -0.25) is 0 Å². The molecule has 6 heteroatoms. The van der Waals surface area contributed by atoms with Gasteiger partial charge in [0.25, 0.3) is 0 Å². The summed E-state index contributed by atoms with van der Waals surface area (Å²) >= 11 is 0. The third kappa shape index (κ3) is 2.90. The number of aliphatic imine (C=N–C) groups is 1. The molecule has 0 aromatic heterocycles. The molecule has 1 aliphatic heterocycles. The zero-order chi connectivity index (χ0) is 17.1. The first-order valence-corrected chi connectivity index (χ1v) is 7.32. The molecule has 0 radical (unpaired) electrons. The van der Waals surface area contributed by atoms with Gasteiger partial charge in [-0.25, -0.2) is 9.79 Å². The van der Waals surface area contributed by atoms with Crippen molar-refractivity contribution in [3.05, 3.63) is 53.6 Å². The van der Waals surface area contributed by atoms with Crippen LogP contribution in [-0.2, 0) is 9.53 Å². The van der Waals surface area contributed by atoms with Crippen LogP contribution in [-0.4, -0.2) is 33.2 Å². The molecule has 0 amide bonds. The van der Waals surface area contributed by atoms with E-state index in [1.54, 1.807) is 51.7 Å². The molecule has 0 saturated carbocycles. The fourth-order valence-electron chi connectivity index (χ4n) is 2.50. The summed E-state index contributed by atoms with van der Waals surface area (Å²) in [6, 6.07) is 11.7. The van der Waals surface area contributed by atoms with Crippen LogP contribution in [0.3, 0.4) is 0 Å². The Balaban J connectivity index is 2.00. The minimum Gasteiger partial charge on any atom is -0.497 e. The van der Waals surface area contributed by atoms with Crippen LogP contribution in [0.2, 0.25) is 0 Å². The molecule has 0 spiro atoms. The van der Waals surface area contributed by atoms with E-state index >= 15 is 0 Å². The minimum atomic E-state index is -0.756. The third-order valence-corrected chi connectivity index (χ3v) is 3.70. The van der Waals surface area contributed by atoms with Gasteiger partial charge in [-0.05, 0) is 18.2 Å². The lowest BCUT2D eigenvalue weighted by molar-refractivity contribution is -0.135. The number of benzene rings is 2. The fourth-order valence-corrected chi connectivity index (χ4v) is 2.50. The predicted octanol–water partition coefficient (Wildman–Crippen LogP) is 2.76. The Bertz CT molecular complexity index is 777. The summed E-state index contributed by atoms with van der Waals surface area (Å²) in [5.74, 6) is 1.55. The monoisotopic (exact) mass is 327 g/mol. The molecule has 124 valence electrons. The fraction of sp³-hybridized carbons (Fsp3) is 0.222. The van der Waals surface area contributed by atoms with Crippen molar-refractivity contribution in [2.24, 2.45) is 4.99 Å². The van der Waals surface area contributed by atoms with Gasteiger partial charge in [-0.2, -0.15) is 0 Å². The van der Waals surface area contributed by atoms with Gasteiger partial charge in [0.2, 0.25) is 5.90 Å². The molecule has 0 aliphatic carbocycles. The Hall–Kier alpha value is -3.02. The second-order valence-corrected chi connectivity index (χ2v) is 5.10. The number of carbonyl (C=O) groups is 1. The van der Waals surface area contributed by atoms with Crippen LogP contribution in [0.25, 0.3) is 0 Å². The zero-order valence-electron chi connectivity index (χ0n) is 13.6. The van der Waals surface area contributed by atoms with Gasteiger partial charge >= 0.3 is 5.97 Å². The Kier molecular flexibility index (Phi) is 4.37. The number of carbonyl (C=O) groups excluding carboxylic acids is 1. The lowest BCUT2D eigenvalue weighted by Crippen LogP contribution is -2.10. The van der Waals surface area contributed by atoms with Crippen LogP contribution >= 0.6 is 0 Å². The van der Waals surface area contributed by atoms with Crippen molar-refractivity contribution in [3.63, 3.8) is 0 Å². The van der Waals surface area contributed by atoms with Crippen molar-refractivity contribution < 1.29 is 23.7 Å². The largest absolute Gasteiger partial charge is 0.497 e. The van der Waals surface area contributed by atoms with Gasteiger partial charge in [0.05, 0.1) is 21.3 Å². The molecular formula is C18H17NO5. The molecule has 0 unspecified atom stereocenters. The highest BCUT2D eigenvalue weighted by molar-refractivity contribution is 6.07. The second-order valence-electron chi connectivity index (χ2n) is 5.10. The maximum Gasteiger partial charge on any atom is 0.342 e. The summed E-state index contributed by atoms with van der Waals surface area (Å²) in [7, 11) is 4.66.